The lowest BCUT2D eigenvalue weighted by atomic mass is 10.0. The minimum Gasteiger partial charge on any atom is -0.487 e. The van der Waals surface area contributed by atoms with Gasteiger partial charge in [0.25, 0.3) is 0 Å². The first-order valence-corrected chi connectivity index (χ1v) is 7.80. The van der Waals surface area contributed by atoms with Crippen molar-refractivity contribution in [3.05, 3.63) is 67.0 Å². The molecule has 0 radical (unpaired) electrons. The van der Waals surface area contributed by atoms with Crippen LogP contribution in [0.5, 0.6) is 5.75 Å². The molecule has 0 aliphatic carbocycles. The van der Waals surface area contributed by atoms with Crippen LogP contribution < -0.4 is 10.1 Å². The predicted octanol–water partition coefficient (Wildman–Crippen LogP) is 5.00. The summed E-state index contributed by atoms with van der Waals surface area (Å²) in [6.45, 7) is 6.13. The van der Waals surface area contributed by atoms with E-state index in [1.807, 2.05) is 36.5 Å². The third kappa shape index (κ3) is 2.55. The van der Waals surface area contributed by atoms with Crippen LogP contribution in [0.4, 0.5) is 5.69 Å². The third-order valence-corrected chi connectivity index (χ3v) is 4.08. The first kappa shape index (κ1) is 13.8. The van der Waals surface area contributed by atoms with Crippen LogP contribution in [0.1, 0.15) is 13.3 Å². The van der Waals surface area contributed by atoms with Crippen molar-refractivity contribution in [2.24, 2.45) is 0 Å². The number of anilines is 1. The van der Waals surface area contributed by atoms with Crippen molar-refractivity contribution in [3.8, 4) is 16.9 Å². The second-order valence-corrected chi connectivity index (χ2v) is 5.96. The number of hydrogen-bond acceptors (Lipinski definition) is 3. The molecule has 1 atom stereocenters. The van der Waals surface area contributed by atoms with E-state index in [1.54, 1.807) is 0 Å². The van der Waals surface area contributed by atoms with E-state index in [1.165, 1.54) is 0 Å². The Bertz CT molecular complexity index is 901. The number of para-hydroxylation sites is 2. The third-order valence-electron chi connectivity index (χ3n) is 4.08. The Labute approximate surface area is 135 Å². The first-order chi connectivity index (χ1) is 11.2. The molecule has 0 unspecified atom stereocenters. The van der Waals surface area contributed by atoms with E-state index >= 15 is 0 Å². The fraction of sp³-hybridized carbons (Fsp3) is 0.150. The summed E-state index contributed by atoms with van der Waals surface area (Å²) >= 11 is 0. The van der Waals surface area contributed by atoms with Crippen molar-refractivity contribution >= 4 is 16.6 Å². The molecule has 2 heterocycles. The van der Waals surface area contributed by atoms with Gasteiger partial charge in [0, 0.05) is 34.8 Å². The highest BCUT2D eigenvalue weighted by Gasteiger charge is 2.19. The fourth-order valence-electron chi connectivity index (χ4n) is 3.04. The van der Waals surface area contributed by atoms with Crippen molar-refractivity contribution in [3.63, 3.8) is 0 Å². The standard InChI is InChI=1S/C20H18N2O/c1-13-10-14(2)23-20-17(7-5-9-19(20)22-13)16-11-15-6-3-4-8-18(15)21-12-16/h3-9,11-12,14,22H,1,10H2,2H3/t14-/m1/s1. The zero-order valence-electron chi connectivity index (χ0n) is 13.0. The van der Waals surface area contributed by atoms with Gasteiger partial charge in [-0.2, -0.15) is 0 Å². The molecule has 1 aliphatic heterocycles. The largest absolute Gasteiger partial charge is 0.487 e. The van der Waals surface area contributed by atoms with Gasteiger partial charge in [-0.25, -0.2) is 0 Å². The van der Waals surface area contributed by atoms with Crippen LogP contribution >= 0.6 is 0 Å². The van der Waals surface area contributed by atoms with Gasteiger partial charge in [-0.15, -0.1) is 0 Å². The molecule has 0 bridgehead atoms. The topological polar surface area (TPSA) is 34.1 Å². The molecule has 0 fully saturated rings. The van der Waals surface area contributed by atoms with Crippen LogP contribution in [0.25, 0.3) is 22.0 Å². The average Bonchev–Trinajstić information content (AvgIpc) is 2.70. The summed E-state index contributed by atoms with van der Waals surface area (Å²) in [5.74, 6) is 0.871. The van der Waals surface area contributed by atoms with Gasteiger partial charge in [0.1, 0.15) is 6.10 Å². The van der Waals surface area contributed by atoms with E-state index in [-0.39, 0.29) is 6.10 Å². The maximum absolute atomic E-state index is 6.17. The molecule has 1 aliphatic rings. The van der Waals surface area contributed by atoms with E-state index in [0.29, 0.717) is 0 Å². The van der Waals surface area contributed by atoms with E-state index in [0.717, 1.165) is 45.6 Å². The summed E-state index contributed by atoms with van der Waals surface area (Å²) in [7, 11) is 0. The highest BCUT2D eigenvalue weighted by Crippen LogP contribution is 2.40. The van der Waals surface area contributed by atoms with Crippen LogP contribution in [-0.2, 0) is 0 Å². The number of hydrogen-bond donors (Lipinski definition) is 1. The lowest BCUT2D eigenvalue weighted by molar-refractivity contribution is 0.228. The number of rotatable bonds is 1. The smallest absolute Gasteiger partial charge is 0.151 e. The molecular weight excluding hydrogens is 284 g/mol. The molecular formula is C20H18N2O. The molecule has 2 aromatic carbocycles. The number of aromatic nitrogens is 1. The minimum atomic E-state index is 0.0887. The Morgan fingerprint density at radius 2 is 2.04 bits per heavy atom. The summed E-state index contributed by atoms with van der Waals surface area (Å²) in [5, 5.41) is 4.49. The van der Waals surface area contributed by atoms with E-state index in [2.05, 4.69) is 42.0 Å². The van der Waals surface area contributed by atoms with Gasteiger partial charge in [0.15, 0.2) is 5.75 Å². The minimum absolute atomic E-state index is 0.0887. The van der Waals surface area contributed by atoms with Gasteiger partial charge in [0.2, 0.25) is 0 Å². The molecule has 0 spiro atoms. The van der Waals surface area contributed by atoms with Crippen LogP contribution in [0.15, 0.2) is 67.0 Å². The summed E-state index contributed by atoms with van der Waals surface area (Å²) in [4.78, 5) is 4.57. The van der Waals surface area contributed by atoms with Crippen molar-refractivity contribution in [2.45, 2.75) is 19.4 Å². The molecule has 0 amide bonds. The summed E-state index contributed by atoms with van der Waals surface area (Å²) in [6.07, 6.45) is 2.79. The summed E-state index contributed by atoms with van der Waals surface area (Å²) < 4.78 is 6.17. The predicted molar refractivity (Wildman–Crippen MR) is 94.6 cm³/mol. The number of ether oxygens (including phenoxy) is 1. The Kier molecular flexibility index (Phi) is 3.27. The number of benzene rings is 2. The normalized spacial score (nSPS) is 17.1. The summed E-state index contributed by atoms with van der Waals surface area (Å²) in [6, 6.07) is 16.4. The summed E-state index contributed by atoms with van der Waals surface area (Å²) in [5.41, 5.74) is 5.05. The van der Waals surface area contributed by atoms with Crippen LogP contribution in [0.3, 0.4) is 0 Å². The second-order valence-electron chi connectivity index (χ2n) is 5.96. The number of nitrogens with one attached hydrogen (secondary N) is 1. The maximum Gasteiger partial charge on any atom is 0.151 e. The van der Waals surface area contributed by atoms with Gasteiger partial charge >= 0.3 is 0 Å². The van der Waals surface area contributed by atoms with Gasteiger partial charge in [-0.05, 0) is 25.1 Å². The zero-order valence-corrected chi connectivity index (χ0v) is 13.0. The Hall–Kier alpha value is -2.81. The van der Waals surface area contributed by atoms with E-state index in [4.69, 9.17) is 4.74 Å². The number of pyridine rings is 1. The van der Waals surface area contributed by atoms with Gasteiger partial charge in [0.05, 0.1) is 11.2 Å². The van der Waals surface area contributed by atoms with E-state index < -0.39 is 0 Å². The Balaban J connectivity index is 1.88. The molecule has 3 nitrogen and oxygen atoms in total. The quantitative estimate of drug-likeness (QED) is 0.687. The van der Waals surface area contributed by atoms with Crippen LogP contribution in [0.2, 0.25) is 0 Å². The first-order valence-electron chi connectivity index (χ1n) is 7.80. The molecule has 4 rings (SSSR count). The molecule has 114 valence electrons. The fourth-order valence-corrected chi connectivity index (χ4v) is 3.04. The van der Waals surface area contributed by atoms with Gasteiger partial charge in [-0.1, -0.05) is 36.9 Å². The molecule has 3 heteroatoms. The van der Waals surface area contributed by atoms with Crippen molar-refractivity contribution in [1.82, 2.24) is 4.98 Å². The second kappa shape index (κ2) is 5.43. The van der Waals surface area contributed by atoms with Crippen molar-refractivity contribution in [1.29, 1.82) is 0 Å². The van der Waals surface area contributed by atoms with Crippen LogP contribution in [-0.4, -0.2) is 11.1 Å². The SMILES string of the molecule is C=C1C[C@@H](C)Oc2c(cccc2-c2cnc3ccccc3c2)N1. The molecule has 23 heavy (non-hydrogen) atoms. The number of fused-ring (bicyclic) bond motifs is 2. The highest BCUT2D eigenvalue weighted by atomic mass is 16.5. The van der Waals surface area contributed by atoms with Gasteiger partial charge in [-0.3, -0.25) is 4.98 Å². The Morgan fingerprint density at radius 3 is 2.96 bits per heavy atom. The number of nitrogens with zero attached hydrogens (tertiary/aromatic N) is 1. The zero-order chi connectivity index (χ0) is 15.8. The van der Waals surface area contributed by atoms with Crippen molar-refractivity contribution in [2.75, 3.05) is 5.32 Å². The monoisotopic (exact) mass is 302 g/mol. The maximum atomic E-state index is 6.17. The molecule has 1 aromatic heterocycles. The van der Waals surface area contributed by atoms with Gasteiger partial charge < -0.3 is 10.1 Å². The molecule has 3 aromatic rings. The highest BCUT2D eigenvalue weighted by molar-refractivity contribution is 5.86. The lowest BCUT2D eigenvalue weighted by Crippen LogP contribution is -2.11. The lowest BCUT2D eigenvalue weighted by Gasteiger charge is -2.16. The average molecular weight is 302 g/mol. The Morgan fingerprint density at radius 1 is 1.17 bits per heavy atom. The molecule has 0 saturated heterocycles. The molecule has 0 saturated carbocycles. The van der Waals surface area contributed by atoms with Crippen LogP contribution in [0, 0.1) is 0 Å². The van der Waals surface area contributed by atoms with Crippen molar-refractivity contribution < 1.29 is 4.74 Å². The molecule has 1 N–H and O–H groups in total. The van der Waals surface area contributed by atoms with E-state index in [9.17, 15) is 0 Å².